The Bertz CT molecular complexity index is 641. The molecule has 1 amide bonds. The zero-order chi connectivity index (χ0) is 14.7. The lowest BCUT2D eigenvalue weighted by molar-refractivity contribution is 0.0827. The summed E-state index contributed by atoms with van der Waals surface area (Å²) >= 11 is 0. The fraction of sp³-hybridized carbons (Fsp3) is 0.133. The minimum Gasteiger partial charge on any atom is -0.397 e. The summed E-state index contributed by atoms with van der Waals surface area (Å²) in [5, 5.41) is 3.01. The summed E-state index contributed by atoms with van der Waals surface area (Å²) in [6.07, 6.45) is 0. The van der Waals surface area contributed by atoms with Crippen molar-refractivity contribution in [2.24, 2.45) is 0 Å². The highest BCUT2D eigenvalue weighted by Crippen LogP contribution is 2.25. The molecule has 4 nitrogen and oxygen atoms in total. The number of anilines is 3. The predicted molar refractivity (Wildman–Crippen MR) is 78.6 cm³/mol. The van der Waals surface area contributed by atoms with Gasteiger partial charge in [0.05, 0.1) is 11.4 Å². The van der Waals surface area contributed by atoms with Gasteiger partial charge in [-0.3, -0.25) is 4.79 Å². The van der Waals surface area contributed by atoms with Gasteiger partial charge < -0.3 is 16.0 Å². The van der Waals surface area contributed by atoms with Crippen molar-refractivity contribution in [1.29, 1.82) is 0 Å². The third kappa shape index (κ3) is 3.06. The molecule has 20 heavy (non-hydrogen) atoms. The predicted octanol–water partition coefficient (Wildman–Crippen LogP) is 2.85. The van der Waals surface area contributed by atoms with Crippen LogP contribution in [0.3, 0.4) is 0 Å². The molecule has 0 unspecified atom stereocenters. The Morgan fingerprint density at radius 2 is 1.95 bits per heavy atom. The first-order valence-electron chi connectivity index (χ1n) is 6.11. The van der Waals surface area contributed by atoms with E-state index in [1.54, 1.807) is 44.4 Å². The summed E-state index contributed by atoms with van der Waals surface area (Å²) in [5.74, 6) is -0.457. The van der Waals surface area contributed by atoms with Crippen LogP contribution in [0.4, 0.5) is 21.5 Å². The number of nitrogen functional groups attached to an aromatic ring is 1. The first-order chi connectivity index (χ1) is 9.47. The minimum atomic E-state index is -0.339. The summed E-state index contributed by atoms with van der Waals surface area (Å²) in [5.41, 5.74) is 8.03. The van der Waals surface area contributed by atoms with Crippen LogP contribution >= 0.6 is 0 Å². The first-order valence-corrected chi connectivity index (χ1v) is 6.11. The zero-order valence-electron chi connectivity index (χ0n) is 11.4. The van der Waals surface area contributed by atoms with Gasteiger partial charge in [0, 0.05) is 25.3 Å². The standard InChI is InChI=1S/C15H16FN3O/c1-19(2)15(20)10-6-7-13(17)14(8-10)18-12-5-3-4-11(16)9-12/h3-9,18H,17H2,1-2H3. The van der Waals surface area contributed by atoms with E-state index in [9.17, 15) is 9.18 Å². The molecule has 0 saturated heterocycles. The summed E-state index contributed by atoms with van der Waals surface area (Å²) in [6.45, 7) is 0. The normalized spacial score (nSPS) is 10.2. The quantitative estimate of drug-likeness (QED) is 0.845. The molecule has 5 heteroatoms. The van der Waals surface area contributed by atoms with Gasteiger partial charge in [0.15, 0.2) is 0 Å². The monoisotopic (exact) mass is 273 g/mol. The summed E-state index contributed by atoms with van der Waals surface area (Å²) in [7, 11) is 3.36. The van der Waals surface area contributed by atoms with Crippen LogP contribution in [0.5, 0.6) is 0 Å². The largest absolute Gasteiger partial charge is 0.397 e. The van der Waals surface area contributed by atoms with Gasteiger partial charge in [0.2, 0.25) is 0 Å². The highest BCUT2D eigenvalue weighted by Gasteiger charge is 2.10. The second-order valence-corrected chi connectivity index (χ2v) is 4.64. The van der Waals surface area contributed by atoms with E-state index in [1.807, 2.05) is 0 Å². The molecule has 104 valence electrons. The Labute approximate surface area is 117 Å². The number of nitrogens with one attached hydrogen (secondary N) is 1. The van der Waals surface area contributed by atoms with E-state index < -0.39 is 0 Å². The number of carbonyl (C=O) groups excluding carboxylic acids is 1. The smallest absolute Gasteiger partial charge is 0.253 e. The number of rotatable bonds is 3. The van der Waals surface area contributed by atoms with Crippen molar-refractivity contribution in [2.75, 3.05) is 25.1 Å². The molecule has 0 aliphatic rings. The zero-order valence-corrected chi connectivity index (χ0v) is 11.4. The number of benzene rings is 2. The summed E-state index contributed by atoms with van der Waals surface area (Å²) in [4.78, 5) is 13.4. The SMILES string of the molecule is CN(C)C(=O)c1ccc(N)c(Nc2cccc(F)c2)c1. The molecule has 2 rings (SSSR count). The lowest BCUT2D eigenvalue weighted by Crippen LogP contribution is -2.21. The summed E-state index contributed by atoms with van der Waals surface area (Å²) in [6, 6.07) is 11.0. The molecule has 0 bridgehead atoms. The Morgan fingerprint density at radius 3 is 2.60 bits per heavy atom. The number of halogens is 1. The van der Waals surface area contributed by atoms with Gasteiger partial charge in [-0.15, -0.1) is 0 Å². The second-order valence-electron chi connectivity index (χ2n) is 4.64. The van der Waals surface area contributed by atoms with Gasteiger partial charge in [0.1, 0.15) is 5.82 Å². The average molecular weight is 273 g/mol. The van der Waals surface area contributed by atoms with Crippen LogP contribution < -0.4 is 11.1 Å². The van der Waals surface area contributed by atoms with Crippen LogP contribution in [-0.2, 0) is 0 Å². The molecule has 3 N–H and O–H groups in total. The van der Waals surface area contributed by atoms with Crippen LogP contribution in [0, 0.1) is 5.82 Å². The molecule has 0 fully saturated rings. The van der Waals surface area contributed by atoms with Crippen LogP contribution in [0.2, 0.25) is 0 Å². The van der Waals surface area contributed by atoms with Gasteiger partial charge >= 0.3 is 0 Å². The molecule has 0 aliphatic heterocycles. The van der Waals surface area contributed by atoms with Crippen molar-refractivity contribution in [3.63, 3.8) is 0 Å². The molecule has 0 atom stereocenters. The van der Waals surface area contributed by atoms with E-state index in [1.165, 1.54) is 17.0 Å². The van der Waals surface area contributed by atoms with Crippen molar-refractivity contribution >= 4 is 23.0 Å². The lowest BCUT2D eigenvalue weighted by atomic mass is 10.1. The highest BCUT2D eigenvalue weighted by molar-refractivity contribution is 5.96. The van der Waals surface area contributed by atoms with Gasteiger partial charge in [-0.25, -0.2) is 4.39 Å². The number of amides is 1. The maximum atomic E-state index is 13.2. The van der Waals surface area contributed by atoms with Crippen LogP contribution in [0.25, 0.3) is 0 Å². The number of nitrogens with two attached hydrogens (primary N) is 1. The average Bonchev–Trinajstić information content (AvgIpc) is 2.40. The van der Waals surface area contributed by atoms with E-state index in [0.717, 1.165) is 0 Å². The lowest BCUT2D eigenvalue weighted by Gasteiger charge is -2.14. The van der Waals surface area contributed by atoms with E-state index in [-0.39, 0.29) is 11.7 Å². The molecule has 0 aromatic heterocycles. The highest BCUT2D eigenvalue weighted by atomic mass is 19.1. The third-order valence-electron chi connectivity index (χ3n) is 2.81. The van der Waals surface area contributed by atoms with Gasteiger partial charge in [0.25, 0.3) is 5.91 Å². The second kappa shape index (κ2) is 5.61. The van der Waals surface area contributed by atoms with Gasteiger partial charge in [-0.2, -0.15) is 0 Å². The number of nitrogens with zero attached hydrogens (tertiary/aromatic N) is 1. The molecular formula is C15H16FN3O. The number of carbonyl (C=O) groups is 1. The van der Waals surface area contributed by atoms with Crippen LogP contribution in [0.1, 0.15) is 10.4 Å². The summed E-state index contributed by atoms with van der Waals surface area (Å²) < 4.78 is 13.2. The van der Waals surface area contributed by atoms with Crippen molar-refractivity contribution in [3.05, 3.63) is 53.8 Å². The maximum absolute atomic E-state index is 13.2. The third-order valence-corrected chi connectivity index (χ3v) is 2.81. The molecule has 0 spiro atoms. The van der Waals surface area contributed by atoms with E-state index in [2.05, 4.69) is 5.32 Å². The molecule has 2 aromatic carbocycles. The van der Waals surface area contributed by atoms with Crippen LogP contribution in [0.15, 0.2) is 42.5 Å². The van der Waals surface area contributed by atoms with E-state index in [0.29, 0.717) is 22.6 Å². The molecule has 0 radical (unpaired) electrons. The van der Waals surface area contributed by atoms with E-state index >= 15 is 0 Å². The Morgan fingerprint density at radius 1 is 1.20 bits per heavy atom. The Balaban J connectivity index is 2.32. The fourth-order valence-electron chi connectivity index (χ4n) is 1.78. The number of hydrogen-bond donors (Lipinski definition) is 2. The molecular weight excluding hydrogens is 257 g/mol. The fourth-order valence-corrected chi connectivity index (χ4v) is 1.78. The number of hydrogen-bond acceptors (Lipinski definition) is 3. The van der Waals surface area contributed by atoms with Crippen molar-refractivity contribution < 1.29 is 9.18 Å². The molecule has 0 aliphatic carbocycles. The topological polar surface area (TPSA) is 58.4 Å². The molecule has 0 saturated carbocycles. The van der Waals surface area contributed by atoms with Crippen molar-refractivity contribution in [1.82, 2.24) is 4.90 Å². The van der Waals surface area contributed by atoms with Crippen molar-refractivity contribution in [2.45, 2.75) is 0 Å². The van der Waals surface area contributed by atoms with Gasteiger partial charge in [-0.1, -0.05) is 6.07 Å². The first kappa shape index (κ1) is 13.9. The Hall–Kier alpha value is -2.56. The maximum Gasteiger partial charge on any atom is 0.253 e. The molecule has 0 heterocycles. The van der Waals surface area contributed by atoms with Crippen LogP contribution in [-0.4, -0.2) is 24.9 Å². The molecule has 2 aromatic rings. The van der Waals surface area contributed by atoms with E-state index in [4.69, 9.17) is 5.73 Å². The van der Waals surface area contributed by atoms with Gasteiger partial charge in [-0.05, 0) is 36.4 Å². The minimum absolute atomic E-state index is 0.118. The Kier molecular flexibility index (Phi) is 3.89. The van der Waals surface area contributed by atoms with Crippen molar-refractivity contribution in [3.8, 4) is 0 Å².